The Morgan fingerprint density at radius 3 is 3.14 bits per heavy atom. The maximum Gasteiger partial charge on any atom is 0.145 e. The molecule has 1 aromatic heterocycles. The maximum atomic E-state index is 11.7. The Hall–Kier alpha value is -0.550. The maximum absolute atomic E-state index is 11.7. The van der Waals surface area contributed by atoms with Crippen LogP contribution in [0.25, 0.3) is 0 Å². The van der Waals surface area contributed by atoms with Crippen LogP contribution in [-0.4, -0.2) is 21.5 Å². The first-order valence-electron chi connectivity index (χ1n) is 4.36. The molecule has 1 aliphatic rings. The molecule has 0 fully saturated rings. The van der Waals surface area contributed by atoms with Gasteiger partial charge in [0.25, 0.3) is 0 Å². The monoisotopic (exact) mass is 230 g/mol. The molecule has 0 amide bonds. The molecule has 5 heteroatoms. The lowest BCUT2D eigenvalue weighted by Crippen LogP contribution is -2.09. The number of carbonyl (C=O) groups is 1. The third kappa shape index (κ3) is 2.09. The average molecular weight is 230 g/mol. The molecule has 1 aromatic rings. The van der Waals surface area contributed by atoms with Crippen LogP contribution in [0.5, 0.6) is 0 Å². The van der Waals surface area contributed by atoms with E-state index in [2.05, 4.69) is 0 Å². The summed E-state index contributed by atoms with van der Waals surface area (Å²) in [5, 5.41) is 0. The van der Waals surface area contributed by atoms with E-state index in [9.17, 15) is 9.00 Å². The number of carbonyl (C=O) groups excluding carboxylic acids is 1. The lowest BCUT2D eigenvalue weighted by atomic mass is 10.2. The minimum absolute atomic E-state index is 0.0815. The topological polar surface area (TPSA) is 47.3 Å². The second kappa shape index (κ2) is 4.31. The Balaban J connectivity index is 2.28. The lowest BCUT2D eigenvalue weighted by Gasteiger charge is -1.97. The highest BCUT2D eigenvalue weighted by atomic mass is 32.2. The fourth-order valence-electron chi connectivity index (χ4n) is 1.29. The SMILES string of the molecule is O=C1CCCSc2cocc2S(=O)C1. The van der Waals surface area contributed by atoms with Gasteiger partial charge in [0.15, 0.2) is 0 Å². The molecular formula is C9H10O3S2. The van der Waals surface area contributed by atoms with Gasteiger partial charge in [-0.3, -0.25) is 9.00 Å². The van der Waals surface area contributed by atoms with Gasteiger partial charge in [0.05, 0.1) is 26.3 Å². The van der Waals surface area contributed by atoms with E-state index < -0.39 is 10.8 Å². The smallest absolute Gasteiger partial charge is 0.145 e. The summed E-state index contributed by atoms with van der Waals surface area (Å²) in [5.74, 6) is 1.10. The number of ketones is 1. The van der Waals surface area contributed by atoms with Crippen LogP contribution in [0.3, 0.4) is 0 Å². The predicted molar refractivity (Wildman–Crippen MR) is 54.9 cm³/mol. The molecular weight excluding hydrogens is 220 g/mol. The molecule has 76 valence electrons. The van der Waals surface area contributed by atoms with Gasteiger partial charge >= 0.3 is 0 Å². The van der Waals surface area contributed by atoms with Crippen LogP contribution < -0.4 is 0 Å². The Morgan fingerprint density at radius 1 is 1.43 bits per heavy atom. The van der Waals surface area contributed by atoms with Gasteiger partial charge in [-0.1, -0.05) is 0 Å². The first kappa shape index (κ1) is 9.98. The molecule has 0 radical (unpaired) electrons. The third-order valence-corrected chi connectivity index (χ3v) is 4.63. The van der Waals surface area contributed by atoms with Gasteiger partial charge in [-0.05, 0) is 12.2 Å². The van der Waals surface area contributed by atoms with Crippen molar-refractivity contribution in [3.8, 4) is 0 Å². The van der Waals surface area contributed by atoms with Crippen LogP contribution in [0, 0.1) is 0 Å². The number of hydrogen-bond donors (Lipinski definition) is 0. The second-order valence-corrected chi connectivity index (χ2v) is 5.64. The van der Waals surface area contributed by atoms with Crippen molar-refractivity contribution in [2.24, 2.45) is 0 Å². The fraction of sp³-hybridized carbons (Fsp3) is 0.444. The summed E-state index contributed by atoms with van der Waals surface area (Å²) in [6, 6.07) is 0. The Kier molecular flexibility index (Phi) is 3.08. The molecule has 3 nitrogen and oxygen atoms in total. The van der Waals surface area contributed by atoms with E-state index in [4.69, 9.17) is 4.42 Å². The fourth-order valence-corrected chi connectivity index (χ4v) is 3.60. The molecule has 0 saturated carbocycles. The van der Waals surface area contributed by atoms with Gasteiger partial charge in [-0.2, -0.15) is 0 Å². The van der Waals surface area contributed by atoms with Gasteiger partial charge in [-0.25, -0.2) is 0 Å². The van der Waals surface area contributed by atoms with Crippen molar-refractivity contribution in [2.75, 3.05) is 11.5 Å². The quantitative estimate of drug-likeness (QED) is 0.682. The largest absolute Gasteiger partial charge is 0.470 e. The minimum atomic E-state index is -1.22. The number of Topliss-reactive ketones (excluding diaryl/α,β-unsaturated/α-hetero) is 1. The Bertz CT molecular complexity index is 370. The molecule has 0 aliphatic carbocycles. The zero-order valence-corrected chi connectivity index (χ0v) is 9.16. The Morgan fingerprint density at radius 2 is 2.29 bits per heavy atom. The van der Waals surface area contributed by atoms with Crippen LogP contribution in [0.4, 0.5) is 0 Å². The number of rotatable bonds is 0. The van der Waals surface area contributed by atoms with E-state index in [1.807, 2.05) is 0 Å². The van der Waals surface area contributed by atoms with Gasteiger partial charge in [-0.15, -0.1) is 11.8 Å². The van der Waals surface area contributed by atoms with E-state index >= 15 is 0 Å². The predicted octanol–water partition coefficient (Wildman–Crippen LogP) is 1.84. The van der Waals surface area contributed by atoms with E-state index in [0.29, 0.717) is 11.3 Å². The van der Waals surface area contributed by atoms with Crippen molar-refractivity contribution < 1.29 is 13.4 Å². The van der Waals surface area contributed by atoms with Crippen LogP contribution >= 0.6 is 11.8 Å². The molecule has 2 rings (SSSR count). The standard InChI is InChI=1S/C9H10O3S2/c10-7-2-1-3-13-8-4-12-5-9(8)14(11)6-7/h4-5H,1-3,6H2. The molecule has 2 heterocycles. The molecule has 0 N–H and O–H groups in total. The molecule has 14 heavy (non-hydrogen) atoms. The summed E-state index contributed by atoms with van der Waals surface area (Å²) in [4.78, 5) is 12.9. The summed E-state index contributed by atoms with van der Waals surface area (Å²) in [7, 11) is -1.22. The minimum Gasteiger partial charge on any atom is -0.470 e. The highest BCUT2D eigenvalue weighted by molar-refractivity contribution is 8.00. The zero-order chi connectivity index (χ0) is 9.97. The van der Waals surface area contributed by atoms with Crippen LogP contribution in [0.15, 0.2) is 26.7 Å². The lowest BCUT2D eigenvalue weighted by molar-refractivity contribution is -0.116. The van der Waals surface area contributed by atoms with Crippen LogP contribution in [-0.2, 0) is 15.6 Å². The molecule has 0 aromatic carbocycles. The van der Waals surface area contributed by atoms with Gasteiger partial charge in [0, 0.05) is 6.42 Å². The molecule has 0 bridgehead atoms. The summed E-state index contributed by atoms with van der Waals surface area (Å²) >= 11 is 1.61. The van der Waals surface area contributed by atoms with Gasteiger partial charge in [0.2, 0.25) is 0 Å². The van der Waals surface area contributed by atoms with Crippen LogP contribution in [0.1, 0.15) is 12.8 Å². The number of hydrogen-bond acceptors (Lipinski definition) is 4. The van der Waals surface area contributed by atoms with E-state index in [-0.39, 0.29) is 11.5 Å². The number of furan rings is 1. The zero-order valence-electron chi connectivity index (χ0n) is 7.52. The second-order valence-electron chi connectivity index (χ2n) is 3.08. The molecule has 1 atom stereocenters. The van der Waals surface area contributed by atoms with Crippen molar-refractivity contribution in [1.29, 1.82) is 0 Å². The van der Waals surface area contributed by atoms with Crippen molar-refractivity contribution in [3.05, 3.63) is 12.5 Å². The van der Waals surface area contributed by atoms with Crippen molar-refractivity contribution in [1.82, 2.24) is 0 Å². The first-order valence-corrected chi connectivity index (χ1v) is 6.67. The summed E-state index contributed by atoms with van der Waals surface area (Å²) in [6.07, 6.45) is 4.48. The Labute approximate surface area is 88.7 Å². The number of thioether (sulfide) groups is 1. The highest BCUT2D eigenvalue weighted by Gasteiger charge is 2.18. The van der Waals surface area contributed by atoms with Gasteiger partial charge in [0.1, 0.15) is 18.3 Å². The van der Waals surface area contributed by atoms with Crippen LogP contribution in [0.2, 0.25) is 0 Å². The number of fused-ring (bicyclic) bond motifs is 1. The molecule has 1 aliphatic heterocycles. The highest BCUT2D eigenvalue weighted by Crippen LogP contribution is 2.28. The molecule has 0 spiro atoms. The van der Waals surface area contributed by atoms with E-state index in [0.717, 1.165) is 17.1 Å². The summed E-state index contributed by atoms with van der Waals surface area (Å²) in [5.41, 5.74) is 0. The van der Waals surface area contributed by atoms with Crippen molar-refractivity contribution in [2.45, 2.75) is 22.6 Å². The van der Waals surface area contributed by atoms with Crippen molar-refractivity contribution >= 4 is 28.3 Å². The molecule has 1 unspecified atom stereocenters. The summed E-state index contributed by atoms with van der Waals surface area (Å²) < 4.78 is 16.7. The average Bonchev–Trinajstić information content (AvgIpc) is 2.59. The van der Waals surface area contributed by atoms with E-state index in [1.165, 1.54) is 6.26 Å². The normalized spacial score (nSPS) is 23.4. The molecule has 0 saturated heterocycles. The van der Waals surface area contributed by atoms with Gasteiger partial charge < -0.3 is 4.42 Å². The van der Waals surface area contributed by atoms with Crippen molar-refractivity contribution in [3.63, 3.8) is 0 Å². The summed E-state index contributed by atoms with van der Waals surface area (Å²) in [6.45, 7) is 0. The third-order valence-electron chi connectivity index (χ3n) is 1.99. The first-order chi connectivity index (χ1) is 6.77. The van der Waals surface area contributed by atoms with E-state index in [1.54, 1.807) is 18.0 Å².